The molecule has 0 fully saturated rings. The first-order valence-electron chi connectivity index (χ1n) is 4.31. The van der Waals surface area contributed by atoms with E-state index in [2.05, 4.69) is 15.9 Å². The van der Waals surface area contributed by atoms with Crippen molar-refractivity contribution in [3.8, 4) is 5.75 Å². The lowest BCUT2D eigenvalue weighted by molar-refractivity contribution is -0.385. The van der Waals surface area contributed by atoms with E-state index >= 15 is 0 Å². The number of hydrogen-bond donors (Lipinski definition) is 2. The summed E-state index contributed by atoms with van der Waals surface area (Å²) in [7, 11) is 1.27. The van der Waals surface area contributed by atoms with Gasteiger partial charge in [-0.1, -0.05) is 0 Å². The molecule has 0 aliphatic rings. The normalized spacial score (nSPS) is 11.9. The number of nitrogens with zero attached hydrogens (tertiary/aromatic N) is 1. The molecule has 17 heavy (non-hydrogen) atoms. The summed E-state index contributed by atoms with van der Waals surface area (Å²) in [4.78, 5) is 20.6. The maximum Gasteiger partial charge on any atom is 0.337 e. The van der Waals surface area contributed by atoms with E-state index in [0.717, 1.165) is 6.07 Å². The average Bonchev–Trinajstić information content (AvgIpc) is 2.26. The summed E-state index contributed by atoms with van der Waals surface area (Å²) < 4.78 is 5.00. The molecule has 0 aliphatic carbocycles. The third-order valence-electron chi connectivity index (χ3n) is 2.02. The number of nitro groups is 1. The molecule has 8 heteroatoms. The van der Waals surface area contributed by atoms with E-state index < -0.39 is 17.0 Å². The van der Waals surface area contributed by atoms with Crippen LogP contribution in [0.2, 0.25) is 0 Å². The van der Waals surface area contributed by atoms with Crippen molar-refractivity contribution in [3.63, 3.8) is 0 Å². The molecule has 1 aromatic rings. The Morgan fingerprint density at radius 1 is 1.59 bits per heavy atom. The first-order chi connectivity index (χ1) is 7.88. The molecule has 1 atom stereocenters. The molecule has 0 heterocycles. The van der Waals surface area contributed by atoms with Gasteiger partial charge in [-0.25, -0.2) is 4.79 Å². The van der Waals surface area contributed by atoms with E-state index in [-0.39, 0.29) is 21.5 Å². The maximum atomic E-state index is 10.7. The van der Waals surface area contributed by atoms with Crippen LogP contribution >= 0.6 is 15.9 Å². The van der Waals surface area contributed by atoms with E-state index in [9.17, 15) is 20.0 Å². The van der Waals surface area contributed by atoms with Crippen LogP contribution in [0.4, 0.5) is 5.69 Å². The molecule has 92 valence electrons. The Balaban J connectivity index is 3.41. The van der Waals surface area contributed by atoms with Crippen molar-refractivity contribution >= 4 is 27.6 Å². The third kappa shape index (κ3) is 2.71. The molecule has 2 N–H and O–H groups in total. The topological polar surface area (TPSA) is 110 Å². The van der Waals surface area contributed by atoms with Gasteiger partial charge >= 0.3 is 5.97 Å². The van der Waals surface area contributed by atoms with Gasteiger partial charge in [-0.05, 0) is 15.9 Å². The second-order valence-corrected chi connectivity index (χ2v) is 3.90. The number of methoxy groups -OCH3 is 1. The SMILES string of the molecule is COc1cc(Br)c([N+](=O)[O-])cc1C(O)C(=O)O. The lowest BCUT2D eigenvalue weighted by Crippen LogP contribution is -2.12. The van der Waals surface area contributed by atoms with Gasteiger partial charge in [0.1, 0.15) is 5.75 Å². The third-order valence-corrected chi connectivity index (χ3v) is 2.66. The number of carboxylic acids is 1. The van der Waals surface area contributed by atoms with Crippen LogP contribution in [0, 0.1) is 10.1 Å². The standard InChI is InChI=1S/C9H8BrNO6/c1-17-7-3-5(10)6(11(15)16)2-4(7)8(12)9(13)14/h2-3,8,12H,1H3,(H,13,14). The van der Waals surface area contributed by atoms with Crippen LogP contribution in [0.25, 0.3) is 0 Å². The van der Waals surface area contributed by atoms with Gasteiger partial charge in [0.2, 0.25) is 0 Å². The molecule has 0 amide bonds. The van der Waals surface area contributed by atoms with Gasteiger partial charge in [0.15, 0.2) is 6.10 Å². The monoisotopic (exact) mass is 305 g/mol. The van der Waals surface area contributed by atoms with Gasteiger partial charge in [-0.2, -0.15) is 0 Å². The van der Waals surface area contributed by atoms with E-state index in [4.69, 9.17) is 9.84 Å². The zero-order chi connectivity index (χ0) is 13.2. The minimum absolute atomic E-state index is 0.0531. The van der Waals surface area contributed by atoms with Gasteiger partial charge in [-0.3, -0.25) is 10.1 Å². The van der Waals surface area contributed by atoms with Crippen molar-refractivity contribution in [1.29, 1.82) is 0 Å². The number of halogens is 1. The predicted molar refractivity (Wildman–Crippen MR) is 59.9 cm³/mol. The molecule has 0 aliphatic heterocycles. The number of rotatable bonds is 4. The zero-order valence-electron chi connectivity index (χ0n) is 8.58. The van der Waals surface area contributed by atoms with Crippen LogP contribution in [0.1, 0.15) is 11.7 Å². The molecule has 1 rings (SSSR count). The molecular weight excluding hydrogens is 298 g/mol. The van der Waals surface area contributed by atoms with E-state index in [1.54, 1.807) is 0 Å². The Morgan fingerprint density at radius 2 is 2.18 bits per heavy atom. The fourth-order valence-corrected chi connectivity index (χ4v) is 1.69. The second-order valence-electron chi connectivity index (χ2n) is 3.04. The summed E-state index contributed by atoms with van der Waals surface area (Å²) in [5, 5.41) is 28.7. The summed E-state index contributed by atoms with van der Waals surface area (Å²) in [6.45, 7) is 0. The summed E-state index contributed by atoms with van der Waals surface area (Å²) in [6, 6.07) is 2.20. The first-order valence-corrected chi connectivity index (χ1v) is 5.10. The molecule has 1 unspecified atom stereocenters. The van der Waals surface area contributed by atoms with E-state index in [0.29, 0.717) is 0 Å². The van der Waals surface area contributed by atoms with Gasteiger partial charge in [-0.15, -0.1) is 0 Å². The number of nitro benzene ring substituents is 1. The number of benzene rings is 1. The highest BCUT2D eigenvalue weighted by Gasteiger charge is 2.25. The van der Waals surface area contributed by atoms with Crippen LogP contribution in [0.3, 0.4) is 0 Å². The minimum Gasteiger partial charge on any atom is -0.496 e. The van der Waals surface area contributed by atoms with Crippen LogP contribution in [-0.4, -0.2) is 28.2 Å². The Hall–Kier alpha value is -1.67. The molecule has 0 saturated carbocycles. The van der Waals surface area contributed by atoms with Gasteiger partial charge in [0.05, 0.1) is 16.5 Å². The maximum absolute atomic E-state index is 10.7. The van der Waals surface area contributed by atoms with Crippen molar-refractivity contribution < 1.29 is 24.7 Å². The van der Waals surface area contributed by atoms with Crippen molar-refractivity contribution in [2.45, 2.75) is 6.10 Å². The Labute approximate surface area is 104 Å². The fourth-order valence-electron chi connectivity index (χ4n) is 1.22. The lowest BCUT2D eigenvalue weighted by Gasteiger charge is -2.11. The van der Waals surface area contributed by atoms with Crippen LogP contribution in [0.15, 0.2) is 16.6 Å². The molecule has 0 spiro atoms. The molecule has 7 nitrogen and oxygen atoms in total. The fraction of sp³-hybridized carbons (Fsp3) is 0.222. The molecule has 0 radical (unpaired) electrons. The molecule has 1 aromatic carbocycles. The Kier molecular flexibility index (Phi) is 4.02. The van der Waals surface area contributed by atoms with Crippen LogP contribution in [-0.2, 0) is 4.79 Å². The lowest BCUT2D eigenvalue weighted by atomic mass is 10.1. The number of aliphatic hydroxyl groups excluding tert-OH is 1. The number of ether oxygens (including phenoxy) is 1. The van der Waals surface area contributed by atoms with Gasteiger partial charge < -0.3 is 14.9 Å². The molecule has 0 aromatic heterocycles. The smallest absolute Gasteiger partial charge is 0.337 e. The quantitative estimate of drug-likeness (QED) is 0.644. The number of aliphatic carboxylic acids is 1. The Bertz CT molecular complexity index is 475. The summed E-state index contributed by atoms with van der Waals surface area (Å²) in [5.41, 5.74) is -0.518. The molecular formula is C9H8BrNO6. The number of aliphatic hydroxyl groups is 1. The van der Waals surface area contributed by atoms with Crippen molar-refractivity contribution in [2.75, 3.05) is 7.11 Å². The molecule has 0 saturated heterocycles. The predicted octanol–water partition coefficient (Wildman–Crippen LogP) is 1.48. The van der Waals surface area contributed by atoms with E-state index in [1.165, 1.54) is 13.2 Å². The van der Waals surface area contributed by atoms with Crippen molar-refractivity contribution in [3.05, 3.63) is 32.3 Å². The van der Waals surface area contributed by atoms with Crippen molar-refractivity contribution in [2.24, 2.45) is 0 Å². The summed E-state index contributed by atoms with van der Waals surface area (Å²) in [5.74, 6) is -1.46. The molecule has 0 bridgehead atoms. The van der Waals surface area contributed by atoms with Gasteiger partial charge in [0.25, 0.3) is 5.69 Å². The average molecular weight is 306 g/mol. The highest BCUT2D eigenvalue weighted by molar-refractivity contribution is 9.10. The highest BCUT2D eigenvalue weighted by atomic mass is 79.9. The van der Waals surface area contributed by atoms with Crippen LogP contribution in [0.5, 0.6) is 5.75 Å². The zero-order valence-corrected chi connectivity index (χ0v) is 10.2. The largest absolute Gasteiger partial charge is 0.496 e. The summed E-state index contributed by atoms with van der Waals surface area (Å²) >= 11 is 2.96. The number of carboxylic acid groups (broad SMARTS) is 1. The number of hydrogen-bond acceptors (Lipinski definition) is 5. The van der Waals surface area contributed by atoms with Crippen molar-refractivity contribution in [1.82, 2.24) is 0 Å². The summed E-state index contributed by atoms with van der Waals surface area (Å²) in [6.07, 6.45) is -1.88. The number of carbonyl (C=O) groups is 1. The van der Waals surface area contributed by atoms with Crippen LogP contribution < -0.4 is 4.74 Å². The second kappa shape index (κ2) is 5.11. The van der Waals surface area contributed by atoms with E-state index in [1.807, 2.05) is 0 Å². The minimum atomic E-state index is -1.88. The highest BCUT2D eigenvalue weighted by Crippen LogP contribution is 2.35. The first kappa shape index (κ1) is 13.4. The van der Waals surface area contributed by atoms with Gasteiger partial charge in [0, 0.05) is 17.7 Å². The Morgan fingerprint density at radius 3 is 2.59 bits per heavy atom.